The molecule has 2 aromatic heterocycles. The van der Waals surface area contributed by atoms with E-state index >= 15 is 0 Å². The van der Waals surface area contributed by atoms with Crippen LogP contribution in [0.15, 0.2) is 54.9 Å². The number of imidazole rings is 1. The molecule has 0 saturated carbocycles. The predicted molar refractivity (Wildman–Crippen MR) is 103 cm³/mol. The van der Waals surface area contributed by atoms with Crippen molar-refractivity contribution in [1.29, 1.82) is 0 Å². The maximum absolute atomic E-state index is 12.4. The average Bonchev–Trinajstić information content (AvgIpc) is 3.23. The van der Waals surface area contributed by atoms with E-state index in [4.69, 9.17) is 0 Å². The molecule has 3 aromatic rings. The van der Waals surface area contributed by atoms with Crippen molar-refractivity contribution in [2.75, 3.05) is 23.1 Å². The minimum atomic E-state index is -3.26. The number of pyridine rings is 1. The number of carbonyl (C=O) groups excluding carboxylic acids is 1. The summed E-state index contributed by atoms with van der Waals surface area (Å²) in [4.78, 5) is 16.9. The molecule has 1 N–H and O–H groups in total. The lowest BCUT2D eigenvalue weighted by Crippen LogP contribution is -2.27. The highest BCUT2D eigenvalue weighted by Gasteiger charge is 2.28. The van der Waals surface area contributed by atoms with E-state index in [1.54, 1.807) is 24.3 Å². The maximum Gasteiger partial charge on any atom is 0.251 e. The van der Waals surface area contributed by atoms with Crippen LogP contribution in [0.25, 0.3) is 5.65 Å². The molecule has 0 unspecified atom stereocenters. The molecule has 1 saturated heterocycles. The summed E-state index contributed by atoms with van der Waals surface area (Å²) in [7, 11) is -3.26. The molecule has 0 spiro atoms. The summed E-state index contributed by atoms with van der Waals surface area (Å²) in [6.45, 7) is 0.913. The number of nitrogens with zero attached hydrogens (tertiary/aromatic N) is 3. The smallest absolute Gasteiger partial charge is 0.251 e. The number of aromatic nitrogens is 2. The normalized spacial score (nSPS) is 15.9. The zero-order chi connectivity index (χ0) is 18.9. The Bertz CT molecular complexity index is 1060. The molecule has 1 aliphatic rings. The molecular weight excluding hydrogens is 364 g/mol. The molecule has 4 rings (SSSR count). The van der Waals surface area contributed by atoms with E-state index in [0.717, 1.165) is 11.3 Å². The third kappa shape index (κ3) is 3.66. The third-order valence-corrected chi connectivity index (χ3v) is 6.45. The summed E-state index contributed by atoms with van der Waals surface area (Å²) in [5, 5.41) is 2.87. The maximum atomic E-state index is 12.4. The summed E-state index contributed by atoms with van der Waals surface area (Å²) in [5.41, 5.74) is 2.77. The molecule has 0 bridgehead atoms. The molecule has 7 nitrogen and oxygen atoms in total. The molecule has 8 heteroatoms. The molecule has 1 aliphatic heterocycles. The Kier molecular flexibility index (Phi) is 4.57. The Balaban J connectivity index is 1.40. The SMILES string of the molecule is O=C(NCCc1cn2ccccc2n1)c1cccc(N2CCCS2(=O)=O)c1. The van der Waals surface area contributed by atoms with Crippen molar-refractivity contribution >= 4 is 27.3 Å². The quantitative estimate of drug-likeness (QED) is 0.728. The van der Waals surface area contributed by atoms with Crippen molar-refractivity contribution in [3.8, 4) is 0 Å². The van der Waals surface area contributed by atoms with Crippen LogP contribution in [-0.4, -0.2) is 42.6 Å². The Morgan fingerprint density at radius 1 is 1.19 bits per heavy atom. The molecule has 0 atom stereocenters. The second kappa shape index (κ2) is 7.03. The van der Waals surface area contributed by atoms with E-state index in [9.17, 15) is 13.2 Å². The van der Waals surface area contributed by atoms with Crippen LogP contribution in [0.3, 0.4) is 0 Å². The standard InChI is InChI=1S/C19H20N4O3S/c24-19(20-9-8-16-14-22-10-2-1-7-18(22)21-16)15-5-3-6-17(13-15)23-11-4-12-27(23,25)26/h1-3,5-7,10,13-14H,4,8-9,11-12H2,(H,20,24). The van der Waals surface area contributed by atoms with Crippen molar-refractivity contribution < 1.29 is 13.2 Å². The summed E-state index contributed by atoms with van der Waals surface area (Å²) in [6.07, 6.45) is 5.11. The number of sulfonamides is 1. The first-order chi connectivity index (χ1) is 13.0. The first-order valence-corrected chi connectivity index (χ1v) is 10.5. The van der Waals surface area contributed by atoms with Gasteiger partial charge in [0.15, 0.2) is 0 Å². The van der Waals surface area contributed by atoms with Crippen molar-refractivity contribution in [1.82, 2.24) is 14.7 Å². The zero-order valence-electron chi connectivity index (χ0n) is 14.7. The van der Waals surface area contributed by atoms with Crippen LogP contribution in [0.1, 0.15) is 22.5 Å². The number of hydrogen-bond donors (Lipinski definition) is 1. The van der Waals surface area contributed by atoms with Crippen molar-refractivity contribution in [3.63, 3.8) is 0 Å². The largest absolute Gasteiger partial charge is 0.352 e. The lowest BCUT2D eigenvalue weighted by Gasteiger charge is -2.17. The lowest BCUT2D eigenvalue weighted by molar-refractivity contribution is 0.0954. The first kappa shape index (κ1) is 17.5. The summed E-state index contributed by atoms with van der Waals surface area (Å²) >= 11 is 0. The van der Waals surface area contributed by atoms with Crippen molar-refractivity contribution in [2.24, 2.45) is 0 Å². The monoisotopic (exact) mass is 384 g/mol. The van der Waals surface area contributed by atoms with E-state index in [-0.39, 0.29) is 11.7 Å². The molecule has 3 heterocycles. The topological polar surface area (TPSA) is 83.8 Å². The molecule has 27 heavy (non-hydrogen) atoms. The van der Waals surface area contributed by atoms with E-state index in [0.29, 0.717) is 37.2 Å². The van der Waals surface area contributed by atoms with Gasteiger partial charge in [0.1, 0.15) is 5.65 Å². The number of nitrogens with one attached hydrogen (secondary N) is 1. The van der Waals surface area contributed by atoms with E-state index in [2.05, 4.69) is 10.3 Å². The second-order valence-corrected chi connectivity index (χ2v) is 8.51. The molecule has 140 valence electrons. The van der Waals surface area contributed by atoms with Gasteiger partial charge in [-0.25, -0.2) is 13.4 Å². The van der Waals surface area contributed by atoms with Crippen LogP contribution < -0.4 is 9.62 Å². The average molecular weight is 384 g/mol. The summed E-state index contributed by atoms with van der Waals surface area (Å²) in [6, 6.07) is 12.5. The van der Waals surface area contributed by atoms with Crippen LogP contribution >= 0.6 is 0 Å². The minimum absolute atomic E-state index is 0.155. The number of carbonyl (C=O) groups is 1. The highest BCUT2D eigenvalue weighted by Crippen LogP contribution is 2.24. The van der Waals surface area contributed by atoms with Gasteiger partial charge in [0.25, 0.3) is 5.91 Å². The van der Waals surface area contributed by atoms with E-state index in [1.807, 2.05) is 35.0 Å². The second-order valence-electron chi connectivity index (χ2n) is 6.50. The third-order valence-electron chi connectivity index (χ3n) is 4.58. The molecule has 1 fully saturated rings. The van der Waals surface area contributed by atoms with Gasteiger partial charge in [-0.05, 0) is 36.8 Å². The van der Waals surface area contributed by atoms with Crippen LogP contribution in [0.2, 0.25) is 0 Å². The number of amides is 1. The van der Waals surface area contributed by atoms with E-state index in [1.165, 1.54) is 4.31 Å². The number of rotatable bonds is 5. The number of hydrogen-bond acceptors (Lipinski definition) is 4. The number of benzene rings is 1. The van der Waals surface area contributed by atoms with Crippen LogP contribution in [-0.2, 0) is 16.4 Å². The molecule has 0 radical (unpaired) electrons. The number of anilines is 1. The molecule has 0 aliphatic carbocycles. The summed E-state index contributed by atoms with van der Waals surface area (Å²) < 4.78 is 27.4. The van der Waals surface area contributed by atoms with Gasteiger partial charge in [-0.3, -0.25) is 9.10 Å². The Hall–Kier alpha value is -2.87. The van der Waals surface area contributed by atoms with Gasteiger partial charge in [-0.1, -0.05) is 12.1 Å². The van der Waals surface area contributed by atoms with Crippen LogP contribution in [0, 0.1) is 0 Å². The lowest BCUT2D eigenvalue weighted by atomic mass is 10.2. The Labute approximate surface area is 157 Å². The highest BCUT2D eigenvalue weighted by atomic mass is 32.2. The Morgan fingerprint density at radius 3 is 2.85 bits per heavy atom. The first-order valence-electron chi connectivity index (χ1n) is 8.84. The van der Waals surface area contributed by atoms with Gasteiger partial charge in [0, 0.05) is 37.5 Å². The molecule has 1 aromatic carbocycles. The van der Waals surface area contributed by atoms with Crippen LogP contribution in [0.4, 0.5) is 5.69 Å². The molecular formula is C19H20N4O3S. The zero-order valence-corrected chi connectivity index (χ0v) is 15.5. The highest BCUT2D eigenvalue weighted by molar-refractivity contribution is 7.93. The fraction of sp³-hybridized carbons (Fsp3) is 0.263. The fourth-order valence-electron chi connectivity index (χ4n) is 3.25. The van der Waals surface area contributed by atoms with Gasteiger partial charge in [-0.2, -0.15) is 0 Å². The predicted octanol–water partition coefficient (Wildman–Crippen LogP) is 1.85. The van der Waals surface area contributed by atoms with Gasteiger partial charge in [-0.15, -0.1) is 0 Å². The minimum Gasteiger partial charge on any atom is -0.352 e. The van der Waals surface area contributed by atoms with Gasteiger partial charge in [0.2, 0.25) is 10.0 Å². The van der Waals surface area contributed by atoms with Gasteiger partial charge in [0.05, 0.1) is 17.1 Å². The van der Waals surface area contributed by atoms with Crippen molar-refractivity contribution in [2.45, 2.75) is 12.8 Å². The van der Waals surface area contributed by atoms with Gasteiger partial charge >= 0.3 is 0 Å². The summed E-state index contributed by atoms with van der Waals surface area (Å²) in [5.74, 6) is -0.0696. The Morgan fingerprint density at radius 2 is 2.07 bits per heavy atom. The molecule has 1 amide bonds. The van der Waals surface area contributed by atoms with Crippen LogP contribution in [0.5, 0.6) is 0 Å². The van der Waals surface area contributed by atoms with E-state index < -0.39 is 10.0 Å². The fourth-order valence-corrected chi connectivity index (χ4v) is 4.80. The van der Waals surface area contributed by atoms with Gasteiger partial charge < -0.3 is 9.72 Å². The number of fused-ring (bicyclic) bond motifs is 1. The van der Waals surface area contributed by atoms with Crippen molar-refractivity contribution in [3.05, 3.63) is 66.1 Å².